The molecular weight excluding hydrogens is 454 g/mol. The van der Waals surface area contributed by atoms with Crippen molar-refractivity contribution < 1.29 is 22.7 Å². The standard InChI is InChI=1S/C22H28ClN3O5S/c1-15(18-14-17(30-3)6-8-20(18)31-4)24-22(27)16-5-7-19(23)21(13-16)32(28,29)26-11-9-25(2)10-12-26/h5-8,13-15H,9-12H2,1-4H3,(H,24,27)/t15-/m1/s1. The van der Waals surface area contributed by atoms with Gasteiger partial charge in [0, 0.05) is 37.3 Å². The average molecular weight is 482 g/mol. The van der Waals surface area contributed by atoms with E-state index in [2.05, 4.69) is 10.2 Å². The number of piperazine rings is 1. The van der Waals surface area contributed by atoms with Crippen molar-refractivity contribution in [2.45, 2.75) is 17.9 Å². The molecule has 1 heterocycles. The number of nitrogens with one attached hydrogen (secondary N) is 1. The minimum absolute atomic E-state index is 0.0667. The Kier molecular flexibility index (Phi) is 7.66. The summed E-state index contributed by atoms with van der Waals surface area (Å²) in [6.07, 6.45) is 0. The second kappa shape index (κ2) is 10.1. The van der Waals surface area contributed by atoms with Gasteiger partial charge in [0.2, 0.25) is 10.0 Å². The maximum Gasteiger partial charge on any atom is 0.251 e. The molecule has 174 valence electrons. The lowest BCUT2D eigenvalue weighted by Gasteiger charge is -2.31. The van der Waals surface area contributed by atoms with Crippen molar-refractivity contribution in [3.05, 3.63) is 52.5 Å². The Hall–Kier alpha value is -2.33. The summed E-state index contributed by atoms with van der Waals surface area (Å²) >= 11 is 6.23. The first-order valence-electron chi connectivity index (χ1n) is 10.2. The monoisotopic (exact) mass is 481 g/mol. The number of amides is 1. The van der Waals surface area contributed by atoms with Gasteiger partial charge < -0.3 is 19.7 Å². The van der Waals surface area contributed by atoms with E-state index in [-0.39, 0.29) is 15.5 Å². The lowest BCUT2D eigenvalue weighted by atomic mass is 10.1. The lowest BCUT2D eigenvalue weighted by molar-refractivity contribution is 0.0939. The molecule has 1 fully saturated rings. The number of carbonyl (C=O) groups excluding carboxylic acids is 1. The number of hydrogen-bond acceptors (Lipinski definition) is 6. The number of hydrogen-bond donors (Lipinski definition) is 1. The number of likely N-dealkylation sites (N-methyl/N-ethyl adjacent to an activating group) is 1. The minimum Gasteiger partial charge on any atom is -0.497 e. The number of sulfonamides is 1. The van der Waals surface area contributed by atoms with Crippen molar-refractivity contribution in [3.63, 3.8) is 0 Å². The van der Waals surface area contributed by atoms with E-state index in [9.17, 15) is 13.2 Å². The number of benzene rings is 2. The highest BCUT2D eigenvalue weighted by Crippen LogP contribution is 2.30. The summed E-state index contributed by atoms with van der Waals surface area (Å²) in [5.41, 5.74) is 0.940. The van der Waals surface area contributed by atoms with Gasteiger partial charge in [-0.15, -0.1) is 0 Å². The predicted molar refractivity (Wildman–Crippen MR) is 123 cm³/mol. The van der Waals surface area contributed by atoms with Gasteiger partial charge in [-0.1, -0.05) is 11.6 Å². The fraction of sp³-hybridized carbons (Fsp3) is 0.409. The zero-order valence-electron chi connectivity index (χ0n) is 18.6. The molecule has 0 unspecified atom stereocenters. The number of carbonyl (C=O) groups is 1. The van der Waals surface area contributed by atoms with Gasteiger partial charge in [-0.25, -0.2) is 8.42 Å². The van der Waals surface area contributed by atoms with Crippen LogP contribution in [0.1, 0.15) is 28.9 Å². The first kappa shape index (κ1) is 24.3. The van der Waals surface area contributed by atoms with E-state index >= 15 is 0 Å². The summed E-state index contributed by atoms with van der Waals surface area (Å²) in [5, 5.41) is 2.98. The van der Waals surface area contributed by atoms with Crippen molar-refractivity contribution in [3.8, 4) is 11.5 Å². The quantitative estimate of drug-likeness (QED) is 0.654. The van der Waals surface area contributed by atoms with Gasteiger partial charge >= 0.3 is 0 Å². The van der Waals surface area contributed by atoms with Crippen LogP contribution < -0.4 is 14.8 Å². The van der Waals surface area contributed by atoms with Crippen LogP contribution in [0.4, 0.5) is 0 Å². The number of halogens is 1. The first-order valence-corrected chi connectivity index (χ1v) is 12.0. The smallest absolute Gasteiger partial charge is 0.251 e. The van der Waals surface area contributed by atoms with E-state index < -0.39 is 22.0 Å². The first-order chi connectivity index (χ1) is 15.2. The van der Waals surface area contributed by atoms with E-state index in [1.54, 1.807) is 32.4 Å². The predicted octanol–water partition coefficient (Wildman–Crippen LogP) is 2.78. The maximum atomic E-state index is 13.1. The SMILES string of the molecule is COc1ccc(OC)c([C@@H](C)NC(=O)c2ccc(Cl)c(S(=O)(=O)N3CCN(C)CC3)c2)c1. The van der Waals surface area contributed by atoms with Crippen LogP contribution in [-0.4, -0.2) is 71.0 Å². The third kappa shape index (κ3) is 5.17. The summed E-state index contributed by atoms with van der Waals surface area (Å²) in [6, 6.07) is 9.19. The molecule has 0 radical (unpaired) electrons. The molecule has 32 heavy (non-hydrogen) atoms. The Bertz CT molecular complexity index is 1080. The number of ether oxygens (including phenoxy) is 2. The second-order valence-corrected chi connectivity index (χ2v) is 9.97. The van der Waals surface area contributed by atoms with Gasteiger partial charge in [0.05, 0.1) is 25.3 Å². The van der Waals surface area contributed by atoms with Crippen LogP contribution in [0, 0.1) is 0 Å². The Balaban J connectivity index is 1.84. The highest BCUT2D eigenvalue weighted by molar-refractivity contribution is 7.89. The van der Waals surface area contributed by atoms with E-state index in [1.165, 1.54) is 22.5 Å². The lowest BCUT2D eigenvalue weighted by Crippen LogP contribution is -2.47. The van der Waals surface area contributed by atoms with Crippen LogP contribution in [0.2, 0.25) is 5.02 Å². The van der Waals surface area contributed by atoms with Crippen molar-refractivity contribution in [2.75, 3.05) is 47.4 Å². The highest BCUT2D eigenvalue weighted by atomic mass is 35.5. The molecule has 2 aromatic rings. The summed E-state index contributed by atoms with van der Waals surface area (Å²) in [5.74, 6) is 0.816. The van der Waals surface area contributed by atoms with Crippen molar-refractivity contribution in [1.82, 2.24) is 14.5 Å². The number of methoxy groups -OCH3 is 2. The normalized spacial score (nSPS) is 16.4. The van der Waals surface area contributed by atoms with Crippen molar-refractivity contribution in [2.24, 2.45) is 0 Å². The molecule has 1 aliphatic heterocycles. The zero-order chi connectivity index (χ0) is 23.5. The summed E-state index contributed by atoms with van der Waals surface area (Å²) in [6.45, 7) is 3.83. The molecule has 0 aliphatic carbocycles. The van der Waals surface area contributed by atoms with Gasteiger partial charge in [-0.05, 0) is 50.4 Å². The van der Waals surface area contributed by atoms with E-state index in [4.69, 9.17) is 21.1 Å². The number of rotatable bonds is 7. The largest absolute Gasteiger partial charge is 0.497 e. The van der Waals surface area contributed by atoms with Crippen LogP contribution in [-0.2, 0) is 10.0 Å². The molecule has 0 bridgehead atoms. The molecule has 3 rings (SSSR count). The van der Waals surface area contributed by atoms with E-state index in [0.717, 1.165) is 5.56 Å². The summed E-state index contributed by atoms with van der Waals surface area (Å²) in [7, 11) is 1.24. The van der Waals surface area contributed by atoms with Crippen LogP contribution in [0.5, 0.6) is 11.5 Å². The Morgan fingerprint density at radius 1 is 1.06 bits per heavy atom. The van der Waals surface area contributed by atoms with E-state index in [1.807, 2.05) is 14.0 Å². The topological polar surface area (TPSA) is 88.2 Å². The molecule has 1 saturated heterocycles. The highest BCUT2D eigenvalue weighted by Gasteiger charge is 2.30. The molecule has 0 aromatic heterocycles. The summed E-state index contributed by atoms with van der Waals surface area (Å²) < 4.78 is 38.4. The van der Waals surface area contributed by atoms with Crippen LogP contribution >= 0.6 is 11.6 Å². The van der Waals surface area contributed by atoms with Gasteiger partial charge in [0.15, 0.2) is 0 Å². The molecule has 1 amide bonds. The van der Waals surface area contributed by atoms with E-state index in [0.29, 0.717) is 37.7 Å². The van der Waals surface area contributed by atoms with Crippen LogP contribution in [0.25, 0.3) is 0 Å². The van der Waals surface area contributed by atoms with Gasteiger partial charge in [0.1, 0.15) is 16.4 Å². The fourth-order valence-corrected chi connectivity index (χ4v) is 5.47. The molecule has 0 saturated carbocycles. The molecule has 1 N–H and O–H groups in total. The van der Waals surface area contributed by atoms with Gasteiger partial charge in [-0.3, -0.25) is 4.79 Å². The Labute approximate surface area is 194 Å². The van der Waals surface area contributed by atoms with Gasteiger partial charge in [0.25, 0.3) is 5.91 Å². The molecular formula is C22H28ClN3O5S. The Morgan fingerprint density at radius 3 is 2.38 bits per heavy atom. The second-order valence-electron chi connectivity index (χ2n) is 7.66. The third-order valence-corrected chi connectivity index (χ3v) is 7.90. The number of nitrogens with zero attached hydrogens (tertiary/aromatic N) is 2. The molecule has 1 aliphatic rings. The molecule has 2 aromatic carbocycles. The average Bonchev–Trinajstić information content (AvgIpc) is 2.78. The fourth-order valence-electron chi connectivity index (χ4n) is 3.55. The molecule has 10 heteroatoms. The molecule has 8 nitrogen and oxygen atoms in total. The van der Waals surface area contributed by atoms with Gasteiger partial charge in [-0.2, -0.15) is 4.31 Å². The summed E-state index contributed by atoms with van der Waals surface area (Å²) in [4.78, 5) is 14.9. The van der Waals surface area contributed by atoms with Crippen LogP contribution in [0.3, 0.4) is 0 Å². The molecule has 0 spiro atoms. The molecule has 1 atom stereocenters. The Morgan fingerprint density at radius 2 is 1.75 bits per heavy atom. The minimum atomic E-state index is -3.81. The third-order valence-electron chi connectivity index (χ3n) is 5.52. The van der Waals surface area contributed by atoms with Crippen molar-refractivity contribution >= 4 is 27.5 Å². The maximum absolute atomic E-state index is 13.1. The zero-order valence-corrected chi connectivity index (χ0v) is 20.2. The van der Waals surface area contributed by atoms with Crippen molar-refractivity contribution in [1.29, 1.82) is 0 Å². The van der Waals surface area contributed by atoms with Crippen LogP contribution in [0.15, 0.2) is 41.3 Å².